The van der Waals surface area contributed by atoms with E-state index in [9.17, 15) is 5.11 Å². The lowest BCUT2D eigenvalue weighted by Gasteiger charge is -2.29. The van der Waals surface area contributed by atoms with Crippen LogP contribution in [0.5, 0.6) is 0 Å². The predicted molar refractivity (Wildman–Crippen MR) is 83.6 cm³/mol. The summed E-state index contributed by atoms with van der Waals surface area (Å²) in [6.07, 6.45) is 8.14. The molecular weight excluding hydrogens is 262 g/mol. The molecule has 3 rings (SSSR count). The largest absolute Gasteiger partial charge is 0.394 e. The number of aromatic nitrogens is 2. The standard InChI is InChI=1S/C17H23N3O/c18-17(13-21)9-4-7-16(17)8-10-20-12-15(11-19-20)14-5-2-1-3-6-14/h1-3,5-6,11-12,16,21H,4,7-10,13,18H2. The van der Waals surface area contributed by atoms with Crippen LogP contribution in [-0.2, 0) is 6.54 Å². The van der Waals surface area contributed by atoms with Gasteiger partial charge in [-0.05, 0) is 30.7 Å². The second-order valence-corrected chi connectivity index (χ2v) is 6.13. The fourth-order valence-electron chi connectivity index (χ4n) is 3.36. The van der Waals surface area contributed by atoms with Crippen LogP contribution in [0.3, 0.4) is 0 Å². The van der Waals surface area contributed by atoms with Gasteiger partial charge in [0.25, 0.3) is 0 Å². The Morgan fingerprint density at radius 1 is 1.29 bits per heavy atom. The molecule has 1 saturated carbocycles. The lowest BCUT2D eigenvalue weighted by Crippen LogP contribution is -2.47. The molecule has 1 aliphatic carbocycles. The van der Waals surface area contributed by atoms with Crippen molar-refractivity contribution in [3.05, 3.63) is 42.7 Å². The van der Waals surface area contributed by atoms with Gasteiger partial charge in [0.2, 0.25) is 0 Å². The number of aliphatic hydroxyl groups excluding tert-OH is 1. The van der Waals surface area contributed by atoms with E-state index in [1.54, 1.807) is 0 Å². The van der Waals surface area contributed by atoms with Crippen LogP contribution in [0.15, 0.2) is 42.7 Å². The summed E-state index contributed by atoms with van der Waals surface area (Å²) in [7, 11) is 0. The smallest absolute Gasteiger partial charge is 0.0613 e. The van der Waals surface area contributed by atoms with Gasteiger partial charge in [-0.15, -0.1) is 0 Å². The van der Waals surface area contributed by atoms with Crippen molar-refractivity contribution in [1.29, 1.82) is 0 Å². The number of aliphatic hydroxyl groups is 1. The van der Waals surface area contributed by atoms with E-state index in [-0.39, 0.29) is 12.1 Å². The van der Waals surface area contributed by atoms with Crippen LogP contribution >= 0.6 is 0 Å². The number of hydrogen-bond acceptors (Lipinski definition) is 3. The van der Waals surface area contributed by atoms with Crippen molar-refractivity contribution in [2.75, 3.05) is 6.61 Å². The topological polar surface area (TPSA) is 64.1 Å². The average molecular weight is 285 g/mol. The maximum absolute atomic E-state index is 9.50. The minimum absolute atomic E-state index is 0.0893. The van der Waals surface area contributed by atoms with Gasteiger partial charge in [0.1, 0.15) is 0 Å². The van der Waals surface area contributed by atoms with Gasteiger partial charge >= 0.3 is 0 Å². The van der Waals surface area contributed by atoms with Crippen molar-refractivity contribution in [2.45, 2.75) is 37.8 Å². The zero-order valence-corrected chi connectivity index (χ0v) is 12.3. The van der Waals surface area contributed by atoms with Gasteiger partial charge < -0.3 is 10.8 Å². The maximum Gasteiger partial charge on any atom is 0.0613 e. The maximum atomic E-state index is 9.50. The van der Waals surface area contributed by atoms with Gasteiger partial charge in [0.05, 0.1) is 12.8 Å². The summed E-state index contributed by atoms with van der Waals surface area (Å²) >= 11 is 0. The van der Waals surface area contributed by atoms with Gasteiger partial charge in [-0.1, -0.05) is 36.8 Å². The van der Waals surface area contributed by atoms with Gasteiger partial charge in [-0.25, -0.2) is 0 Å². The molecule has 0 saturated heterocycles. The summed E-state index contributed by atoms with van der Waals surface area (Å²) in [5.74, 6) is 0.395. The molecule has 0 bridgehead atoms. The molecule has 4 heteroatoms. The van der Waals surface area contributed by atoms with E-state index in [0.29, 0.717) is 5.92 Å². The first-order valence-electron chi connectivity index (χ1n) is 7.69. The van der Waals surface area contributed by atoms with Crippen LogP contribution in [0.2, 0.25) is 0 Å². The van der Waals surface area contributed by atoms with Gasteiger partial charge in [-0.3, -0.25) is 4.68 Å². The Hall–Kier alpha value is -1.65. The second-order valence-electron chi connectivity index (χ2n) is 6.13. The van der Waals surface area contributed by atoms with Crippen molar-refractivity contribution in [2.24, 2.45) is 11.7 Å². The molecule has 0 spiro atoms. The van der Waals surface area contributed by atoms with Crippen LogP contribution in [0.25, 0.3) is 11.1 Å². The number of benzene rings is 1. The molecular formula is C17H23N3O. The molecule has 0 radical (unpaired) electrons. The fraction of sp³-hybridized carbons (Fsp3) is 0.471. The average Bonchev–Trinajstić information content (AvgIpc) is 3.13. The molecule has 0 aliphatic heterocycles. The zero-order chi connectivity index (χ0) is 14.7. The van der Waals surface area contributed by atoms with Gasteiger partial charge in [0, 0.05) is 23.8 Å². The zero-order valence-electron chi connectivity index (χ0n) is 12.3. The molecule has 2 aromatic rings. The summed E-state index contributed by atoms with van der Waals surface area (Å²) in [4.78, 5) is 0. The number of rotatable bonds is 5. The summed E-state index contributed by atoms with van der Waals surface area (Å²) < 4.78 is 1.98. The highest BCUT2D eigenvalue weighted by atomic mass is 16.3. The Morgan fingerprint density at radius 3 is 2.86 bits per heavy atom. The third-order valence-corrected chi connectivity index (χ3v) is 4.75. The highest BCUT2D eigenvalue weighted by Crippen LogP contribution is 2.36. The lowest BCUT2D eigenvalue weighted by molar-refractivity contribution is 0.152. The van der Waals surface area contributed by atoms with E-state index in [1.165, 1.54) is 5.56 Å². The monoisotopic (exact) mass is 285 g/mol. The molecule has 3 N–H and O–H groups in total. The van der Waals surface area contributed by atoms with Crippen LogP contribution in [0.4, 0.5) is 0 Å². The Labute approximate surface area is 125 Å². The third kappa shape index (κ3) is 3.01. The predicted octanol–water partition coefficient (Wildman–Crippen LogP) is 2.43. The molecule has 1 fully saturated rings. The van der Waals surface area contributed by atoms with Gasteiger partial charge in [0.15, 0.2) is 0 Å². The first-order valence-corrected chi connectivity index (χ1v) is 7.69. The van der Waals surface area contributed by atoms with E-state index in [2.05, 4.69) is 23.4 Å². The Kier molecular flexibility index (Phi) is 4.08. The van der Waals surface area contributed by atoms with Crippen LogP contribution in [0, 0.1) is 5.92 Å². The van der Waals surface area contributed by atoms with Crippen molar-refractivity contribution in [1.82, 2.24) is 9.78 Å². The SMILES string of the molecule is NC1(CO)CCCC1CCn1cc(-c2ccccc2)cn1. The van der Waals surface area contributed by atoms with E-state index in [1.807, 2.05) is 29.1 Å². The quantitative estimate of drug-likeness (QED) is 0.887. The highest BCUT2D eigenvalue weighted by Gasteiger charge is 2.38. The molecule has 112 valence electrons. The summed E-state index contributed by atoms with van der Waals surface area (Å²) in [6.45, 7) is 0.947. The van der Waals surface area contributed by atoms with Crippen molar-refractivity contribution < 1.29 is 5.11 Å². The molecule has 1 heterocycles. The molecule has 0 amide bonds. The summed E-state index contributed by atoms with van der Waals surface area (Å²) in [5, 5.41) is 13.9. The summed E-state index contributed by atoms with van der Waals surface area (Å²) in [5.41, 5.74) is 8.23. The summed E-state index contributed by atoms with van der Waals surface area (Å²) in [6, 6.07) is 10.3. The molecule has 4 nitrogen and oxygen atoms in total. The minimum Gasteiger partial charge on any atom is -0.394 e. The third-order valence-electron chi connectivity index (χ3n) is 4.75. The first-order chi connectivity index (χ1) is 10.2. The molecule has 1 aromatic carbocycles. The van der Waals surface area contributed by atoms with E-state index in [0.717, 1.165) is 37.8 Å². The van der Waals surface area contributed by atoms with Crippen molar-refractivity contribution in [3.63, 3.8) is 0 Å². The lowest BCUT2D eigenvalue weighted by atomic mass is 9.86. The van der Waals surface area contributed by atoms with Crippen molar-refractivity contribution in [3.8, 4) is 11.1 Å². The fourth-order valence-corrected chi connectivity index (χ4v) is 3.36. The van der Waals surface area contributed by atoms with Crippen molar-refractivity contribution >= 4 is 0 Å². The minimum atomic E-state index is -0.380. The normalized spacial score (nSPS) is 25.3. The highest BCUT2D eigenvalue weighted by molar-refractivity contribution is 5.61. The van der Waals surface area contributed by atoms with E-state index in [4.69, 9.17) is 5.73 Å². The van der Waals surface area contributed by atoms with E-state index < -0.39 is 0 Å². The Bertz CT molecular complexity index is 581. The number of aryl methyl sites for hydroxylation is 1. The van der Waals surface area contributed by atoms with Crippen LogP contribution in [-0.4, -0.2) is 27.0 Å². The second kappa shape index (κ2) is 6.00. The molecule has 1 aliphatic rings. The molecule has 1 aromatic heterocycles. The Morgan fingerprint density at radius 2 is 2.10 bits per heavy atom. The first kappa shape index (κ1) is 14.3. The molecule has 2 unspecified atom stereocenters. The molecule has 21 heavy (non-hydrogen) atoms. The number of nitrogens with zero attached hydrogens (tertiary/aromatic N) is 2. The van der Waals surface area contributed by atoms with E-state index >= 15 is 0 Å². The van der Waals surface area contributed by atoms with Crippen LogP contribution < -0.4 is 5.73 Å². The molecule has 2 atom stereocenters. The van der Waals surface area contributed by atoms with Gasteiger partial charge in [-0.2, -0.15) is 5.10 Å². The Balaban J connectivity index is 1.63. The number of nitrogens with two attached hydrogens (primary N) is 1. The van der Waals surface area contributed by atoms with Crippen LogP contribution in [0.1, 0.15) is 25.7 Å². The number of hydrogen-bond donors (Lipinski definition) is 2.